The van der Waals surface area contributed by atoms with Gasteiger partial charge in [-0.2, -0.15) is 0 Å². The van der Waals surface area contributed by atoms with E-state index in [1.807, 2.05) is 19.9 Å². The summed E-state index contributed by atoms with van der Waals surface area (Å²) in [6.45, 7) is 4.03. The van der Waals surface area contributed by atoms with E-state index in [2.05, 4.69) is 5.32 Å². The van der Waals surface area contributed by atoms with Gasteiger partial charge in [0.1, 0.15) is 5.75 Å². The van der Waals surface area contributed by atoms with Crippen LogP contribution in [0.5, 0.6) is 5.75 Å². The SMILES string of the molecule is CCC(C)Oc1cccc(C(=O)Nc2cc(Cl)cc(Cl)c2)c1. The highest BCUT2D eigenvalue weighted by molar-refractivity contribution is 6.35. The van der Waals surface area contributed by atoms with E-state index in [1.54, 1.807) is 36.4 Å². The average molecular weight is 338 g/mol. The second-order valence-corrected chi connectivity index (χ2v) is 5.85. The van der Waals surface area contributed by atoms with E-state index in [0.29, 0.717) is 27.0 Å². The van der Waals surface area contributed by atoms with Crippen molar-refractivity contribution < 1.29 is 9.53 Å². The zero-order chi connectivity index (χ0) is 16.1. The average Bonchev–Trinajstić information content (AvgIpc) is 2.46. The van der Waals surface area contributed by atoms with E-state index < -0.39 is 0 Å². The maximum absolute atomic E-state index is 12.3. The Kier molecular flexibility index (Phi) is 5.69. The first-order valence-electron chi connectivity index (χ1n) is 7.02. The van der Waals surface area contributed by atoms with Gasteiger partial charge in [-0.25, -0.2) is 0 Å². The third-order valence-corrected chi connectivity index (χ3v) is 3.57. The number of nitrogens with one attached hydrogen (secondary N) is 1. The molecule has 5 heteroatoms. The van der Waals surface area contributed by atoms with Gasteiger partial charge in [-0.05, 0) is 49.7 Å². The van der Waals surface area contributed by atoms with Crippen LogP contribution in [0.3, 0.4) is 0 Å². The Bertz CT molecular complexity index is 653. The van der Waals surface area contributed by atoms with Gasteiger partial charge in [0.2, 0.25) is 0 Å². The summed E-state index contributed by atoms with van der Waals surface area (Å²) in [7, 11) is 0. The first-order valence-corrected chi connectivity index (χ1v) is 7.77. The highest BCUT2D eigenvalue weighted by Gasteiger charge is 2.09. The number of halogens is 2. The minimum Gasteiger partial charge on any atom is -0.491 e. The second-order valence-electron chi connectivity index (χ2n) is 4.98. The minimum atomic E-state index is -0.243. The van der Waals surface area contributed by atoms with Crippen LogP contribution in [0, 0.1) is 0 Å². The largest absolute Gasteiger partial charge is 0.491 e. The molecule has 1 amide bonds. The Hall–Kier alpha value is -1.71. The highest BCUT2D eigenvalue weighted by atomic mass is 35.5. The summed E-state index contributed by atoms with van der Waals surface area (Å²) in [5.74, 6) is 0.430. The van der Waals surface area contributed by atoms with Crippen LogP contribution < -0.4 is 10.1 Å². The van der Waals surface area contributed by atoms with Crippen LogP contribution >= 0.6 is 23.2 Å². The van der Waals surface area contributed by atoms with E-state index in [4.69, 9.17) is 27.9 Å². The Morgan fingerprint density at radius 3 is 2.50 bits per heavy atom. The quantitative estimate of drug-likeness (QED) is 0.790. The van der Waals surface area contributed by atoms with E-state index in [0.717, 1.165) is 6.42 Å². The molecule has 1 unspecified atom stereocenters. The van der Waals surface area contributed by atoms with Crippen LogP contribution in [-0.4, -0.2) is 12.0 Å². The maximum Gasteiger partial charge on any atom is 0.255 e. The molecule has 1 atom stereocenters. The molecule has 0 aliphatic carbocycles. The number of rotatable bonds is 5. The van der Waals surface area contributed by atoms with Gasteiger partial charge in [-0.15, -0.1) is 0 Å². The standard InChI is InChI=1S/C17H17Cl2NO2/c1-3-11(2)22-16-6-4-5-12(7-16)17(21)20-15-9-13(18)8-14(19)10-15/h4-11H,3H2,1-2H3,(H,20,21). The van der Waals surface area contributed by atoms with Gasteiger partial charge in [0.25, 0.3) is 5.91 Å². The molecule has 2 aromatic carbocycles. The summed E-state index contributed by atoms with van der Waals surface area (Å²) in [5.41, 5.74) is 1.06. The van der Waals surface area contributed by atoms with Crippen LogP contribution in [0.15, 0.2) is 42.5 Å². The summed E-state index contributed by atoms with van der Waals surface area (Å²) >= 11 is 11.8. The number of ether oxygens (including phenoxy) is 1. The molecule has 0 heterocycles. The number of amides is 1. The molecule has 0 spiro atoms. The lowest BCUT2D eigenvalue weighted by Gasteiger charge is -2.13. The lowest BCUT2D eigenvalue weighted by Crippen LogP contribution is -2.13. The Morgan fingerprint density at radius 2 is 1.86 bits per heavy atom. The molecule has 116 valence electrons. The fraction of sp³-hybridized carbons (Fsp3) is 0.235. The summed E-state index contributed by atoms with van der Waals surface area (Å²) in [5, 5.41) is 3.71. The van der Waals surface area contributed by atoms with Crippen molar-refractivity contribution in [2.24, 2.45) is 0 Å². The first kappa shape index (κ1) is 16.7. The van der Waals surface area contributed by atoms with Gasteiger partial charge in [0.15, 0.2) is 0 Å². The van der Waals surface area contributed by atoms with Crippen molar-refractivity contribution in [1.29, 1.82) is 0 Å². The molecule has 0 aliphatic rings. The minimum absolute atomic E-state index is 0.102. The number of carbonyl (C=O) groups excluding carboxylic acids is 1. The smallest absolute Gasteiger partial charge is 0.255 e. The van der Waals surface area contributed by atoms with Crippen molar-refractivity contribution in [1.82, 2.24) is 0 Å². The molecule has 0 aliphatic heterocycles. The Balaban J connectivity index is 2.13. The molecular formula is C17H17Cl2NO2. The molecule has 2 rings (SSSR count). The summed E-state index contributed by atoms with van der Waals surface area (Å²) in [6, 6.07) is 12.0. The number of carbonyl (C=O) groups is 1. The number of anilines is 1. The highest BCUT2D eigenvalue weighted by Crippen LogP contribution is 2.23. The first-order chi connectivity index (χ1) is 10.5. The van der Waals surface area contributed by atoms with Gasteiger partial charge in [0.05, 0.1) is 6.10 Å². The van der Waals surface area contributed by atoms with E-state index in [1.165, 1.54) is 0 Å². The normalized spacial score (nSPS) is 11.8. The van der Waals surface area contributed by atoms with Gasteiger partial charge >= 0.3 is 0 Å². The van der Waals surface area contributed by atoms with E-state index in [-0.39, 0.29) is 12.0 Å². The van der Waals surface area contributed by atoms with E-state index in [9.17, 15) is 4.79 Å². The fourth-order valence-electron chi connectivity index (χ4n) is 1.86. The van der Waals surface area contributed by atoms with Crippen LogP contribution in [-0.2, 0) is 0 Å². The molecule has 22 heavy (non-hydrogen) atoms. The number of hydrogen-bond donors (Lipinski definition) is 1. The Morgan fingerprint density at radius 1 is 1.18 bits per heavy atom. The molecule has 0 bridgehead atoms. The molecule has 0 saturated carbocycles. The number of benzene rings is 2. The predicted molar refractivity (Wildman–Crippen MR) is 91.2 cm³/mol. The van der Waals surface area contributed by atoms with Crippen molar-refractivity contribution >= 4 is 34.8 Å². The molecule has 0 radical (unpaired) electrons. The van der Waals surface area contributed by atoms with Crippen molar-refractivity contribution in [3.8, 4) is 5.75 Å². The van der Waals surface area contributed by atoms with Crippen molar-refractivity contribution in [2.45, 2.75) is 26.4 Å². The predicted octanol–water partition coefficient (Wildman–Crippen LogP) is 5.42. The van der Waals surface area contributed by atoms with Crippen LogP contribution in [0.2, 0.25) is 10.0 Å². The van der Waals surface area contributed by atoms with Crippen molar-refractivity contribution in [3.63, 3.8) is 0 Å². The Labute approximate surface area is 140 Å². The van der Waals surface area contributed by atoms with Gasteiger partial charge < -0.3 is 10.1 Å². The lowest BCUT2D eigenvalue weighted by molar-refractivity contribution is 0.102. The zero-order valence-electron chi connectivity index (χ0n) is 12.4. The molecule has 2 aromatic rings. The third-order valence-electron chi connectivity index (χ3n) is 3.13. The van der Waals surface area contributed by atoms with Crippen LogP contribution in [0.25, 0.3) is 0 Å². The number of hydrogen-bond acceptors (Lipinski definition) is 2. The molecule has 0 aromatic heterocycles. The lowest BCUT2D eigenvalue weighted by atomic mass is 10.2. The monoisotopic (exact) mass is 337 g/mol. The van der Waals surface area contributed by atoms with Gasteiger partial charge in [-0.3, -0.25) is 4.79 Å². The molecule has 1 N–H and O–H groups in total. The summed E-state index contributed by atoms with van der Waals surface area (Å²) < 4.78 is 5.72. The van der Waals surface area contributed by atoms with E-state index >= 15 is 0 Å². The van der Waals surface area contributed by atoms with Crippen molar-refractivity contribution in [2.75, 3.05) is 5.32 Å². The topological polar surface area (TPSA) is 38.3 Å². The van der Waals surface area contributed by atoms with Crippen LogP contribution in [0.4, 0.5) is 5.69 Å². The molecule has 0 fully saturated rings. The maximum atomic E-state index is 12.3. The van der Waals surface area contributed by atoms with Gasteiger partial charge in [0, 0.05) is 21.3 Å². The van der Waals surface area contributed by atoms with Crippen molar-refractivity contribution in [3.05, 3.63) is 58.1 Å². The molecule has 0 saturated heterocycles. The molecule has 3 nitrogen and oxygen atoms in total. The summed E-state index contributed by atoms with van der Waals surface area (Å²) in [4.78, 5) is 12.3. The van der Waals surface area contributed by atoms with Gasteiger partial charge in [-0.1, -0.05) is 36.2 Å². The zero-order valence-corrected chi connectivity index (χ0v) is 13.9. The fourth-order valence-corrected chi connectivity index (χ4v) is 2.38. The second kappa shape index (κ2) is 7.52. The third kappa shape index (κ3) is 4.65. The summed E-state index contributed by atoms with van der Waals surface area (Å²) in [6.07, 6.45) is 1.00. The molecular weight excluding hydrogens is 321 g/mol. The van der Waals surface area contributed by atoms with Crippen LogP contribution in [0.1, 0.15) is 30.6 Å².